The Labute approximate surface area is 197 Å². The number of carbonyl (C=O) groups excluding carboxylic acids is 3. The molecule has 172 valence electrons. The van der Waals surface area contributed by atoms with Crippen LogP contribution in [0, 0.1) is 6.92 Å². The molecule has 7 nitrogen and oxygen atoms in total. The molecule has 0 aromatic heterocycles. The third kappa shape index (κ3) is 5.09. The van der Waals surface area contributed by atoms with Gasteiger partial charge in [-0.2, -0.15) is 0 Å². The first-order chi connectivity index (χ1) is 15.8. The lowest BCUT2D eigenvalue weighted by Crippen LogP contribution is -2.54. The summed E-state index contributed by atoms with van der Waals surface area (Å²) in [6.07, 6.45) is 3.66. The van der Waals surface area contributed by atoms with E-state index >= 15 is 0 Å². The van der Waals surface area contributed by atoms with E-state index in [9.17, 15) is 14.4 Å². The predicted octanol–water partition coefficient (Wildman–Crippen LogP) is 4.84. The SMILES string of the molecule is C=CCc1cc(/C=C2\C(=O)NC(=O)N(c3cc(Cl)ccc3C)C2=O)cc(OCC)c1OCC. The Hall–Kier alpha value is -3.58. The van der Waals surface area contributed by atoms with E-state index in [0.29, 0.717) is 53.0 Å². The zero-order valence-electron chi connectivity index (χ0n) is 18.7. The van der Waals surface area contributed by atoms with Crippen molar-refractivity contribution in [3.8, 4) is 11.5 Å². The number of barbiturate groups is 1. The molecule has 1 N–H and O–H groups in total. The Balaban J connectivity index is 2.11. The Morgan fingerprint density at radius 3 is 2.48 bits per heavy atom. The van der Waals surface area contributed by atoms with Crippen molar-refractivity contribution in [2.75, 3.05) is 18.1 Å². The maximum atomic E-state index is 13.3. The van der Waals surface area contributed by atoms with Gasteiger partial charge in [0.2, 0.25) is 0 Å². The maximum Gasteiger partial charge on any atom is 0.335 e. The van der Waals surface area contributed by atoms with Crippen molar-refractivity contribution in [2.45, 2.75) is 27.2 Å². The van der Waals surface area contributed by atoms with Gasteiger partial charge in [0, 0.05) is 10.6 Å². The van der Waals surface area contributed by atoms with Gasteiger partial charge < -0.3 is 9.47 Å². The molecule has 0 saturated carbocycles. The number of imide groups is 2. The van der Waals surface area contributed by atoms with Gasteiger partial charge in [-0.1, -0.05) is 23.7 Å². The summed E-state index contributed by atoms with van der Waals surface area (Å²) < 4.78 is 11.5. The average Bonchev–Trinajstić information content (AvgIpc) is 2.76. The van der Waals surface area contributed by atoms with Crippen molar-refractivity contribution in [2.24, 2.45) is 0 Å². The number of hydrogen-bond donors (Lipinski definition) is 1. The van der Waals surface area contributed by atoms with Gasteiger partial charge in [-0.05, 0) is 68.7 Å². The quantitative estimate of drug-likeness (QED) is 0.340. The molecule has 1 saturated heterocycles. The van der Waals surface area contributed by atoms with Crippen LogP contribution in [0.3, 0.4) is 0 Å². The van der Waals surface area contributed by atoms with Gasteiger partial charge in [0.1, 0.15) is 5.57 Å². The monoisotopic (exact) mass is 468 g/mol. The molecule has 0 radical (unpaired) electrons. The number of urea groups is 1. The standard InChI is InChI=1S/C25H25ClN2O5/c1-5-8-17-11-16(13-21(32-6-2)22(17)33-7-3)12-19-23(29)27-25(31)28(24(19)30)20-14-18(26)10-9-15(20)4/h5,9-14H,1,6-8H2,2-4H3,(H,27,29,31)/b19-12+. The third-order valence-electron chi connectivity index (χ3n) is 4.93. The fourth-order valence-corrected chi connectivity index (χ4v) is 3.68. The molecule has 0 spiro atoms. The molecule has 3 rings (SSSR count). The van der Waals surface area contributed by atoms with Crippen LogP contribution < -0.4 is 19.7 Å². The molecule has 2 aromatic carbocycles. The highest BCUT2D eigenvalue weighted by molar-refractivity contribution is 6.39. The molecule has 2 aromatic rings. The Morgan fingerprint density at radius 2 is 1.82 bits per heavy atom. The van der Waals surface area contributed by atoms with E-state index in [1.54, 1.807) is 37.3 Å². The number of ether oxygens (including phenoxy) is 2. The lowest BCUT2D eigenvalue weighted by Gasteiger charge is -2.27. The van der Waals surface area contributed by atoms with Crippen LogP contribution in [0.5, 0.6) is 11.5 Å². The largest absolute Gasteiger partial charge is 0.490 e. The highest BCUT2D eigenvalue weighted by Crippen LogP contribution is 2.35. The summed E-state index contributed by atoms with van der Waals surface area (Å²) in [7, 11) is 0. The third-order valence-corrected chi connectivity index (χ3v) is 5.17. The Kier molecular flexibility index (Phi) is 7.55. The Morgan fingerprint density at radius 1 is 1.09 bits per heavy atom. The van der Waals surface area contributed by atoms with Crippen molar-refractivity contribution in [3.63, 3.8) is 0 Å². The molecular weight excluding hydrogens is 444 g/mol. The first-order valence-corrected chi connectivity index (χ1v) is 10.9. The summed E-state index contributed by atoms with van der Waals surface area (Å²) >= 11 is 6.08. The minimum Gasteiger partial charge on any atom is -0.490 e. The number of halogens is 1. The molecule has 0 unspecified atom stereocenters. The molecule has 8 heteroatoms. The van der Waals surface area contributed by atoms with Crippen LogP contribution >= 0.6 is 11.6 Å². The first-order valence-electron chi connectivity index (χ1n) is 10.5. The first kappa shape index (κ1) is 24.1. The number of benzene rings is 2. The maximum absolute atomic E-state index is 13.3. The topological polar surface area (TPSA) is 84.9 Å². The number of rotatable bonds is 8. The molecule has 1 aliphatic rings. The van der Waals surface area contributed by atoms with Gasteiger partial charge in [-0.15, -0.1) is 6.58 Å². The molecule has 4 amide bonds. The number of carbonyl (C=O) groups is 3. The second kappa shape index (κ2) is 10.4. The van der Waals surface area contributed by atoms with Crippen molar-refractivity contribution < 1.29 is 23.9 Å². The molecule has 0 aliphatic carbocycles. The zero-order chi connectivity index (χ0) is 24.1. The highest BCUT2D eigenvalue weighted by Gasteiger charge is 2.37. The van der Waals surface area contributed by atoms with E-state index in [1.807, 2.05) is 13.8 Å². The van der Waals surface area contributed by atoms with Crippen LogP contribution in [-0.4, -0.2) is 31.1 Å². The number of hydrogen-bond acceptors (Lipinski definition) is 5. The summed E-state index contributed by atoms with van der Waals surface area (Å²) in [4.78, 5) is 39.3. The fourth-order valence-electron chi connectivity index (χ4n) is 3.51. The summed E-state index contributed by atoms with van der Waals surface area (Å²) in [5, 5.41) is 2.59. The van der Waals surface area contributed by atoms with Gasteiger partial charge in [-0.25, -0.2) is 9.69 Å². The summed E-state index contributed by atoms with van der Waals surface area (Å²) in [5.41, 5.74) is 2.12. The Bertz CT molecular complexity index is 1160. The number of nitrogens with zero attached hydrogens (tertiary/aromatic N) is 1. The van der Waals surface area contributed by atoms with Crippen LogP contribution in [0.25, 0.3) is 6.08 Å². The van der Waals surface area contributed by atoms with Crippen LogP contribution in [0.1, 0.15) is 30.5 Å². The molecule has 1 aliphatic heterocycles. The number of nitrogens with one attached hydrogen (secondary N) is 1. The lowest BCUT2D eigenvalue weighted by atomic mass is 10.0. The summed E-state index contributed by atoms with van der Waals surface area (Å²) in [6.45, 7) is 10.1. The number of allylic oxidation sites excluding steroid dienone is 1. The predicted molar refractivity (Wildman–Crippen MR) is 128 cm³/mol. The van der Waals surface area contributed by atoms with E-state index in [2.05, 4.69) is 11.9 Å². The second-order valence-electron chi connectivity index (χ2n) is 7.25. The van der Waals surface area contributed by atoms with E-state index in [0.717, 1.165) is 10.5 Å². The molecule has 1 heterocycles. The molecular formula is C25H25ClN2O5. The summed E-state index contributed by atoms with van der Waals surface area (Å²) in [5.74, 6) is -0.440. The minimum absolute atomic E-state index is 0.190. The van der Waals surface area contributed by atoms with Crippen molar-refractivity contribution in [1.82, 2.24) is 5.32 Å². The van der Waals surface area contributed by atoms with Crippen LogP contribution in [0.4, 0.5) is 10.5 Å². The highest BCUT2D eigenvalue weighted by atomic mass is 35.5. The van der Waals surface area contributed by atoms with Crippen LogP contribution in [0.15, 0.2) is 48.6 Å². The lowest BCUT2D eigenvalue weighted by molar-refractivity contribution is -0.122. The van der Waals surface area contributed by atoms with Gasteiger partial charge in [0.05, 0.1) is 18.9 Å². The molecule has 0 atom stereocenters. The van der Waals surface area contributed by atoms with Crippen molar-refractivity contribution >= 4 is 41.2 Å². The van der Waals surface area contributed by atoms with Gasteiger partial charge in [-0.3, -0.25) is 14.9 Å². The van der Waals surface area contributed by atoms with Gasteiger partial charge in [0.15, 0.2) is 11.5 Å². The number of aryl methyl sites for hydroxylation is 1. The fraction of sp³-hybridized carbons (Fsp3) is 0.240. The second-order valence-corrected chi connectivity index (χ2v) is 7.69. The van der Waals surface area contributed by atoms with Crippen molar-refractivity contribution in [3.05, 3.63) is 70.3 Å². The number of anilines is 1. The smallest absolute Gasteiger partial charge is 0.335 e. The number of amides is 4. The zero-order valence-corrected chi connectivity index (χ0v) is 19.5. The van der Waals surface area contributed by atoms with Crippen LogP contribution in [-0.2, 0) is 16.0 Å². The summed E-state index contributed by atoms with van der Waals surface area (Å²) in [6, 6.07) is 7.52. The van der Waals surface area contributed by atoms with Crippen molar-refractivity contribution in [1.29, 1.82) is 0 Å². The average molecular weight is 469 g/mol. The van der Waals surface area contributed by atoms with E-state index in [-0.39, 0.29) is 5.57 Å². The van der Waals surface area contributed by atoms with Gasteiger partial charge >= 0.3 is 6.03 Å². The molecule has 1 fully saturated rings. The minimum atomic E-state index is -0.832. The van der Waals surface area contributed by atoms with E-state index < -0.39 is 17.8 Å². The van der Waals surface area contributed by atoms with E-state index in [1.165, 1.54) is 12.1 Å². The molecule has 33 heavy (non-hydrogen) atoms. The van der Waals surface area contributed by atoms with Crippen LogP contribution in [0.2, 0.25) is 5.02 Å². The molecule has 0 bridgehead atoms. The van der Waals surface area contributed by atoms with Gasteiger partial charge in [0.25, 0.3) is 11.8 Å². The normalized spacial score (nSPS) is 15.0. The van der Waals surface area contributed by atoms with E-state index in [4.69, 9.17) is 21.1 Å².